The summed E-state index contributed by atoms with van der Waals surface area (Å²) < 4.78 is 5.22. The number of hydrogen-bond acceptors (Lipinski definition) is 3. The Hall–Kier alpha value is -1.29. The van der Waals surface area contributed by atoms with Crippen molar-refractivity contribution >= 4 is 5.91 Å². The summed E-state index contributed by atoms with van der Waals surface area (Å²) in [6, 6.07) is 3.46. The van der Waals surface area contributed by atoms with Crippen molar-refractivity contribution in [2.24, 2.45) is 5.41 Å². The molecule has 0 saturated heterocycles. The van der Waals surface area contributed by atoms with Crippen LogP contribution in [0.2, 0.25) is 0 Å². The van der Waals surface area contributed by atoms with E-state index in [4.69, 9.17) is 4.42 Å². The van der Waals surface area contributed by atoms with Crippen molar-refractivity contribution in [3.63, 3.8) is 0 Å². The number of amides is 1. The van der Waals surface area contributed by atoms with Crippen LogP contribution in [-0.4, -0.2) is 17.6 Å². The Morgan fingerprint density at radius 1 is 1.40 bits per heavy atom. The van der Waals surface area contributed by atoms with Crippen LogP contribution in [0.5, 0.6) is 0 Å². The largest absolute Gasteiger partial charge is 0.466 e. The van der Waals surface area contributed by atoms with Crippen molar-refractivity contribution < 1.29 is 14.3 Å². The molecule has 0 spiro atoms. The molecule has 0 radical (unpaired) electrons. The summed E-state index contributed by atoms with van der Waals surface area (Å²) in [4.78, 5) is 12.4. The van der Waals surface area contributed by atoms with Gasteiger partial charge in [0, 0.05) is 5.41 Å². The Morgan fingerprint density at radius 3 is 2.60 bits per heavy atom. The van der Waals surface area contributed by atoms with Crippen LogP contribution in [0.3, 0.4) is 0 Å². The highest BCUT2D eigenvalue weighted by molar-refractivity contribution is 5.82. The van der Waals surface area contributed by atoms with Crippen molar-refractivity contribution in [2.45, 2.75) is 58.0 Å². The third-order valence-electron chi connectivity index (χ3n) is 4.40. The first-order valence-electron chi connectivity index (χ1n) is 7.49. The fourth-order valence-corrected chi connectivity index (χ4v) is 2.87. The van der Waals surface area contributed by atoms with E-state index in [1.165, 1.54) is 19.1 Å². The molecule has 1 amide bonds. The minimum Gasteiger partial charge on any atom is -0.466 e. The summed E-state index contributed by atoms with van der Waals surface area (Å²) in [5, 5.41) is 13.3. The first-order valence-corrected chi connectivity index (χ1v) is 7.49. The number of hydrogen-bond donors (Lipinski definition) is 2. The molecule has 1 aliphatic carbocycles. The van der Waals surface area contributed by atoms with Gasteiger partial charge in [0.15, 0.2) is 0 Å². The maximum atomic E-state index is 12.4. The summed E-state index contributed by atoms with van der Waals surface area (Å²) >= 11 is 0. The maximum absolute atomic E-state index is 12.4. The van der Waals surface area contributed by atoms with Crippen LogP contribution in [0.1, 0.15) is 58.1 Å². The van der Waals surface area contributed by atoms with E-state index in [-0.39, 0.29) is 17.9 Å². The van der Waals surface area contributed by atoms with Crippen LogP contribution < -0.4 is 5.32 Å². The smallest absolute Gasteiger partial charge is 0.226 e. The van der Waals surface area contributed by atoms with Gasteiger partial charge in [-0.3, -0.25) is 4.79 Å². The molecule has 2 rings (SSSR count). The molecule has 0 bridgehead atoms. The van der Waals surface area contributed by atoms with Gasteiger partial charge in [0.1, 0.15) is 11.4 Å². The number of carbonyl (C=O) groups is 1. The predicted octanol–water partition coefficient (Wildman–Crippen LogP) is 2.96. The summed E-state index contributed by atoms with van der Waals surface area (Å²) in [5.41, 5.74) is -1.46. The zero-order chi connectivity index (χ0) is 14.6. The van der Waals surface area contributed by atoms with Gasteiger partial charge >= 0.3 is 0 Å². The number of aliphatic hydroxyl groups is 1. The summed E-state index contributed by atoms with van der Waals surface area (Å²) in [7, 11) is 0. The van der Waals surface area contributed by atoms with Gasteiger partial charge < -0.3 is 14.8 Å². The van der Waals surface area contributed by atoms with Crippen LogP contribution >= 0.6 is 0 Å². The molecule has 0 aliphatic heterocycles. The Kier molecular flexibility index (Phi) is 4.53. The van der Waals surface area contributed by atoms with Gasteiger partial charge in [0.2, 0.25) is 5.91 Å². The van der Waals surface area contributed by atoms with E-state index >= 15 is 0 Å². The lowest BCUT2D eigenvalue weighted by atomic mass is 9.81. The van der Waals surface area contributed by atoms with Crippen LogP contribution in [0, 0.1) is 5.41 Å². The molecular formula is C16H25NO3. The van der Waals surface area contributed by atoms with Gasteiger partial charge in [-0.2, -0.15) is 0 Å². The molecule has 1 atom stereocenters. The van der Waals surface area contributed by atoms with E-state index in [1.807, 2.05) is 6.92 Å². The van der Waals surface area contributed by atoms with Gasteiger partial charge in [-0.1, -0.05) is 32.6 Å². The lowest BCUT2D eigenvalue weighted by Crippen LogP contribution is -2.44. The molecule has 4 heteroatoms. The molecule has 4 nitrogen and oxygen atoms in total. The minimum atomic E-state index is -1.17. The first-order chi connectivity index (χ1) is 9.44. The van der Waals surface area contributed by atoms with Crippen molar-refractivity contribution in [2.75, 3.05) is 6.54 Å². The van der Waals surface area contributed by atoms with Gasteiger partial charge in [-0.25, -0.2) is 0 Å². The van der Waals surface area contributed by atoms with E-state index in [0.717, 1.165) is 25.7 Å². The van der Waals surface area contributed by atoms with Gasteiger partial charge in [0.25, 0.3) is 0 Å². The lowest BCUT2D eigenvalue weighted by molar-refractivity contribution is -0.132. The lowest BCUT2D eigenvalue weighted by Gasteiger charge is -2.29. The SMILES string of the molecule is CC1(C(=O)NCC(C)(O)c2ccco2)CCCCCC1. The summed E-state index contributed by atoms with van der Waals surface area (Å²) in [6.07, 6.45) is 8.04. The molecule has 1 fully saturated rings. The fraction of sp³-hybridized carbons (Fsp3) is 0.688. The van der Waals surface area contributed by atoms with Crippen molar-refractivity contribution in [3.05, 3.63) is 24.2 Å². The maximum Gasteiger partial charge on any atom is 0.226 e. The number of carbonyl (C=O) groups excluding carboxylic acids is 1. The Bertz CT molecular complexity index is 429. The van der Waals surface area contributed by atoms with Gasteiger partial charge in [-0.05, 0) is 31.9 Å². The Morgan fingerprint density at radius 2 is 2.05 bits per heavy atom. The molecule has 1 heterocycles. The number of rotatable bonds is 4. The third-order valence-corrected chi connectivity index (χ3v) is 4.40. The Labute approximate surface area is 120 Å². The van der Waals surface area contributed by atoms with E-state index in [2.05, 4.69) is 5.32 Å². The second-order valence-electron chi connectivity index (χ2n) is 6.41. The fourth-order valence-electron chi connectivity index (χ4n) is 2.87. The quantitative estimate of drug-likeness (QED) is 0.833. The molecule has 1 unspecified atom stereocenters. The summed E-state index contributed by atoms with van der Waals surface area (Å²) in [5.74, 6) is 0.523. The van der Waals surface area contributed by atoms with E-state index in [0.29, 0.717) is 5.76 Å². The number of nitrogens with one attached hydrogen (secondary N) is 1. The second-order valence-corrected chi connectivity index (χ2v) is 6.41. The van der Waals surface area contributed by atoms with Crippen molar-refractivity contribution in [1.82, 2.24) is 5.32 Å². The minimum absolute atomic E-state index is 0.0474. The zero-order valence-corrected chi connectivity index (χ0v) is 12.4. The standard InChI is InChI=1S/C16H25NO3/c1-15(9-5-3-4-6-10-15)14(18)17-12-16(2,19)13-8-7-11-20-13/h7-8,11,19H,3-6,9-10,12H2,1-2H3,(H,17,18). The molecule has 1 aromatic rings. The molecule has 1 aromatic heterocycles. The van der Waals surface area contributed by atoms with Crippen LogP contribution in [0.15, 0.2) is 22.8 Å². The zero-order valence-electron chi connectivity index (χ0n) is 12.4. The number of furan rings is 1. The highest BCUT2D eigenvalue weighted by atomic mass is 16.4. The molecule has 1 aliphatic rings. The first kappa shape index (κ1) is 15.1. The second kappa shape index (κ2) is 6.00. The monoisotopic (exact) mass is 279 g/mol. The van der Waals surface area contributed by atoms with Crippen LogP contribution in [0.25, 0.3) is 0 Å². The average Bonchev–Trinajstić information content (AvgIpc) is 2.87. The summed E-state index contributed by atoms with van der Waals surface area (Å²) in [6.45, 7) is 3.87. The van der Waals surface area contributed by atoms with Crippen LogP contribution in [-0.2, 0) is 10.4 Å². The molecule has 0 aromatic carbocycles. The highest BCUT2D eigenvalue weighted by Crippen LogP contribution is 2.34. The van der Waals surface area contributed by atoms with Gasteiger partial charge in [-0.15, -0.1) is 0 Å². The van der Waals surface area contributed by atoms with Crippen molar-refractivity contribution in [3.8, 4) is 0 Å². The Balaban J connectivity index is 1.94. The predicted molar refractivity (Wildman–Crippen MR) is 77.1 cm³/mol. The van der Waals surface area contributed by atoms with E-state index in [1.54, 1.807) is 19.1 Å². The van der Waals surface area contributed by atoms with Gasteiger partial charge in [0.05, 0.1) is 12.8 Å². The van der Waals surface area contributed by atoms with E-state index < -0.39 is 5.60 Å². The molecule has 112 valence electrons. The highest BCUT2D eigenvalue weighted by Gasteiger charge is 2.35. The topological polar surface area (TPSA) is 62.5 Å². The van der Waals surface area contributed by atoms with Crippen molar-refractivity contribution in [1.29, 1.82) is 0 Å². The van der Waals surface area contributed by atoms with E-state index in [9.17, 15) is 9.90 Å². The molecule has 20 heavy (non-hydrogen) atoms. The molecular weight excluding hydrogens is 254 g/mol. The average molecular weight is 279 g/mol. The molecule has 1 saturated carbocycles. The third kappa shape index (κ3) is 3.42. The van der Waals surface area contributed by atoms with Crippen LogP contribution in [0.4, 0.5) is 0 Å². The molecule has 2 N–H and O–H groups in total. The normalized spacial score (nSPS) is 21.8.